The minimum Gasteiger partial charge on any atom is -0.321 e. The topological polar surface area (TPSA) is 97.1 Å². The van der Waals surface area contributed by atoms with Gasteiger partial charge in [0, 0.05) is 12.2 Å². The van der Waals surface area contributed by atoms with Crippen molar-refractivity contribution in [3.63, 3.8) is 0 Å². The quantitative estimate of drug-likeness (QED) is 0.507. The molecule has 0 radical (unpaired) electrons. The van der Waals surface area contributed by atoms with Crippen LogP contribution >= 0.6 is 11.8 Å². The standard InChI is InChI=1S/C10H18N4O2S2/c1-8(5-7-17-2)14-18(15,16)10-9(13-11)4-3-6-12-10/h3-4,6,8,13-14H,5,7,11H2,1-2H3. The van der Waals surface area contributed by atoms with Gasteiger partial charge >= 0.3 is 0 Å². The Kier molecular flexibility index (Phi) is 5.86. The van der Waals surface area contributed by atoms with Gasteiger partial charge in [0.2, 0.25) is 0 Å². The minimum atomic E-state index is -3.65. The molecule has 0 amide bonds. The molecule has 4 N–H and O–H groups in total. The van der Waals surface area contributed by atoms with Crippen LogP contribution in [0.3, 0.4) is 0 Å². The lowest BCUT2D eigenvalue weighted by molar-refractivity contribution is 0.554. The van der Waals surface area contributed by atoms with Gasteiger partial charge in [0.25, 0.3) is 10.0 Å². The van der Waals surface area contributed by atoms with Crippen LogP contribution in [0.25, 0.3) is 0 Å². The fourth-order valence-corrected chi connectivity index (χ4v) is 3.35. The van der Waals surface area contributed by atoms with E-state index in [1.807, 2.05) is 13.2 Å². The summed E-state index contributed by atoms with van der Waals surface area (Å²) in [6.07, 6.45) is 4.16. The maximum absolute atomic E-state index is 12.1. The number of aromatic nitrogens is 1. The summed E-state index contributed by atoms with van der Waals surface area (Å²) in [5.74, 6) is 6.17. The molecule has 1 aromatic heterocycles. The van der Waals surface area contributed by atoms with Gasteiger partial charge in [0.1, 0.15) is 0 Å². The Morgan fingerprint density at radius 1 is 1.56 bits per heavy atom. The second-order valence-corrected chi connectivity index (χ2v) is 6.42. The Hall–Kier alpha value is -0.830. The highest BCUT2D eigenvalue weighted by atomic mass is 32.2. The summed E-state index contributed by atoms with van der Waals surface area (Å²) < 4.78 is 26.8. The molecule has 6 nitrogen and oxygen atoms in total. The van der Waals surface area contributed by atoms with E-state index < -0.39 is 10.0 Å². The lowest BCUT2D eigenvalue weighted by Gasteiger charge is -2.14. The van der Waals surface area contributed by atoms with E-state index >= 15 is 0 Å². The molecule has 0 aliphatic heterocycles. The first-order valence-corrected chi connectivity index (χ1v) is 8.32. The van der Waals surface area contributed by atoms with Crippen LogP contribution in [0.1, 0.15) is 13.3 Å². The van der Waals surface area contributed by atoms with Gasteiger partial charge in [-0.25, -0.2) is 18.1 Å². The van der Waals surface area contributed by atoms with Gasteiger partial charge in [0.05, 0.1) is 5.69 Å². The van der Waals surface area contributed by atoms with Crippen LogP contribution < -0.4 is 16.0 Å². The molecular weight excluding hydrogens is 272 g/mol. The van der Waals surface area contributed by atoms with Crippen molar-refractivity contribution >= 4 is 27.5 Å². The van der Waals surface area contributed by atoms with Crippen molar-refractivity contribution in [3.8, 4) is 0 Å². The molecule has 0 aliphatic rings. The summed E-state index contributed by atoms with van der Waals surface area (Å²) >= 11 is 1.68. The Bertz CT molecular complexity index is 479. The maximum atomic E-state index is 12.1. The van der Waals surface area contributed by atoms with Crippen molar-refractivity contribution in [2.75, 3.05) is 17.4 Å². The fourth-order valence-electron chi connectivity index (χ4n) is 1.39. The molecule has 0 fully saturated rings. The molecule has 1 heterocycles. The van der Waals surface area contributed by atoms with Crippen molar-refractivity contribution in [2.45, 2.75) is 24.4 Å². The normalized spacial score (nSPS) is 13.3. The number of pyridine rings is 1. The molecule has 1 unspecified atom stereocenters. The second-order valence-electron chi connectivity index (χ2n) is 3.80. The molecule has 0 spiro atoms. The first-order valence-electron chi connectivity index (χ1n) is 5.44. The summed E-state index contributed by atoms with van der Waals surface area (Å²) in [5.41, 5.74) is 2.61. The first kappa shape index (κ1) is 15.2. The number of nitrogen functional groups attached to an aromatic ring is 1. The SMILES string of the molecule is CSCCC(C)NS(=O)(=O)c1ncccc1NN. The third-order valence-corrected chi connectivity index (χ3v) is 4.48. The Labute approximate surface area is 112 Å². The summed E-state index contributed by atoms with van der Waals surface area (Å²) in [5, 5.41) is -0.0801. The number of rotatable bonds is 7. The molecule has 8 heteroatoms. The van der Waals surface area contributed by atoms with Crippen LogP contribution in [0.5, 0.6) is 0 Å². The van der Waals surface area contributed by atoms with Crippen molar-refractivity contribution in [3.05, 3.63) is 18.3 Å². The van der Waals surface area contributed by atoms with Crippen LogP contribution in [0.2, 0.25) is 0 Å². The molecule has 1 aromatic rings. The van der Waals surface area contributed by atoms with Gasteiger partial charge in [-0.1, -0.05) is 0 Å². The zero-order valence-electron chi connectivity index (χ0n) is 10.4. The van der Waals surface area contributed by atoms with E-state index in [1.165, 1.54) is 6.20 Å². The highest BCUT2D eigenvalue weighted by Crippen LogP contribution is 2.17. The van der Waals surface area contributed by atoms with Crippen molar-refractivity contribution in [1.82, 2.24) is 9.71 Å². The van der Waals surface area contributed by atoms with Crippen molar-refractivity contribution < 1.29 is 8.42 Å². The number of hydrazine groups is 1. The lowest BCUT2D eigenvalue weighted by atomic mass is 10.3. The van der Waals surface area contributed by atoms with Gasteiger partial charge in [-0.05, 0) is 37.5 Å². The number of nitrogens with zero attached hydrogens (tertiary/aromatic N) is 1. The Morgan fingerprint density at radius 2 is 2.28 bits per heavy atom. The summed E-state index contributed by atoms with van der Waals surface area (Å²) in [6.45, 7) is 1.83. The number of hydrogen-bond donors (Lipinski definition) is 3. The Balaban J connectivity index is 2.86. The highest BCUT2D eigenvalue weighted by Gasteiger charge is 2.21. The third kappa shape index (κ3) is 4.13. The fraction of sp³-hybridized carbons (Fsp3) is 0.500. The molecule has 0 aromatic carbocycles. The van der Waals surface area contributed by atoms with Gasteiger partial charge in [-0.2, -0.15) is 11.8 Å². The first-order chi connectivity index (χ1) is 8.51. The van der Waals surface area contributed by atoms with Crippen LogP contribution in [0.15, 0.2) is 23.4 Å². The monoisotopic (exact) mass is 290 g/mol. The van der Waals surface area contributed by atoms with Gasteiger partial charge in [-0.15, -0.1) is 0 Å². The highest BCUT2D eigenvalue weighted by molar-refractivity contribution is 7.98. The number of nitrogens with one attached hydrogen (secondary N) is 2. The van der Waals surface area contributed by atoms with E-state index in [1.54, 1.807) is 23.9 Å². The summed E-state index contributed by atoms with van der Waals surface area (Å²) in [7, 11) is -3.65. The molecule has 18 heavy (non-hydrogen) atoms. The number of thioether (sulfide) groups is 1. The van der Waals surface area contributed by atoms with Gasteiger partial charge < -0.3 is 5.43 Å². The molecular formula is C10H18N4O2S2. The second kappa shape index (κ2) is 6.93. The predicted molar refractivity (Wildman–Crippen MR) is 74.8 cm³/mol. The number of hydrogen-bond acceptors (Lipinski definition) is 6. The third-order valence-electron chi connectivity index (χ3n) is 2.29. The molecule has 0 saturated carbocycles. The van der Waals surface area contributed by atoms with Crippen LogP contribution in [-0.4, -0.2) is 31.5 Å². The zero-order chi connectivity index (χ0) is 13.6. The van der Waals surface area contributed by atoms with Gasteiger partial charge in [0.15, 0.2) is 5.03 Å². The summed E-state index contributed by atoms with van der Waals surface area (Å²) in [6, 6.07) is 3.04. The van der Waals surface area contributed by atoms with E-state index in [-0.39, 0.29) is 16.8 Å². The largest absolute Gasteiger partial charge is 0.321 e. The average molecular weight is 290 g/mol. The number of nitrogens with two attached hydrogens (primary N) is 1. The van der Waals surface area contributed by atoms with E-state index in [4.69, 9.17) is 5.84 Å². The van der Waals surface area contributed by atoms with Crippen LogP contribution in [-0.2, 0) is 10.0 Å². The molecule has 0 bridgehead atoms. The van der Waals surface area contributed by atoms with E-state index in [2.05, 4.69) is 15.1 Å². The number of anilines is 1. The Morgan fingerprint density at radius 3 is 2.89 bits per heavy atom. The summed E-state index contributed by atoms with van der Waals surface area (Å²) in [4.78, 5) is 3.86. The van der Waals surface area contributed by atoms with Crippen molar-refractivity contribution in [1.29, 1.82) is 0 Å². The van der Waals surface area contributed by atoms with Gasteiger partial charge in [-0.3, -0.25) is 5.84 Å². The maximum Gasteiger partial charge on any atom is 0.260 e. The average Bonchev–Trinajstić information content (AvgIpc) is 2.35. The smallest absolute Gasteiger partial charge is 0.260 e. The van der Waals surface area contributed by atoms with Crippen LogP contribution in [0, 0.1) is 0 Å². The molecule has 1 atom stereocenters. The molecule has 1 rings (SSSR count). The molecule has 102 valence electrons. The molecule has 0 aliphatic carbocycles. The number of sulfonamides is 1. The van der Waals surface area contributed by atoms with E-state index in [9.17, 15) is 8.42 Å². The van der Waals surface area contributed by atoms with E-state index in [0.29, 0.717) is 0 Å². The van der Waals surface area contributed by atoms with Crippen LogP contribution in [0.4, 0.5) is 5.69 Å². The minimum absolute atomic E-state index is 0.0801. The zero-order valence-corrected chi connectivity index (χ0v) is 12.0. The van der Waals surface area contributed by atoms with Crippen molar-refractivity contribution in [2.24, 2.45) is 5.84 Å². The predicted octanol–water partition coefficient (Wildman–Crippen LogP) is 0.787. The lowest BCUT2D eigenvalue weighted by Crippen LogP contribution is -2.34. The molecule has 0 saturated heterocycles. The van der Waals surface area contributed by atoms with E-state index in [0.717, 1.165) is 12.2 Å².